The van der Waals surface area contributed by atoms with Gasteiger partial charge < -0.3 is 10.1 Å². The molecule has 2 N–H and O–H groups in total. The topological polar surface area (TPSA) is 93.2 Å². The van der Waals surface area contributed by atoms with E-state index < -0.39 is 21.7 Å². The summed E-state index contributed by atoms with van der Waals surface area (Å²) >= 11 is 0. The number of nitrogens with zero attached hydrogens (tertiary/aromatic N) is 2. The Hall–Kier alpha value is -3.27. The minimum atomic E-state index is -3.99. The van der Waals surface area contributed by atoms with E-state index in [1.807, 2.05) is 13.0 Å². The molecule has 7 nitrogen and oxygen atoms in total. The largest absolute Gasteiger partial charge is 0.478 e. The Morgan fingerprint density at radius 3 is 2.55 bits per heavy atom. The van der Waals surface area contributed by atoms with Crippen LogP contribution in [0, 0.1) is 11.6 Å². The summed E-state index contributed by atoms with van der Waals surface area (Å²) < 4.78 is 58.5. The van der Waals surface area contributed by atoms with Crippen molar-refractivity contribution in [2.24, 2.45) is 0 Å². The molecular weight excluding hydrogens is 402 g/mol. The number of anilines is 2. The van der Waals surface area contributed by atoms with Crippen LogP contribution in [0.2, 0.25) is 0 Å². The van der Waals surface area contributed by atoms with E-state index in [9.17, 15) is 17.2 Å². The van der Waals surface area contributed by atoms with Gasteiger partial charge in [0.05, 0.1) is 12.3 Å². The number of ether oxygens (including phenoxy) is 1. The van der Waals surface area contributed by atoms with Gasteiger partial charge in [-0.3, -0.25) is 4.72 Å². The zero-order valence-corrected chi connectivity index (χ0v) is 16.2. The van der Waals surface area contributed by atoms with Crippen molar-refractivity contribution in [3.8, 4) is 5.88 Å². The van der Waals surface area contributed by atoms with E-state index in [2.05, 4.69) is 20.0 Å². The molecule has 3 rings (SSSR count). The van der Waals surface area contributed by atoms with Gasteiger partial charge in [0, 0.05) is 31.1 Å². The van der Waals surface area contributed by atoms with Crippen LogP contribution in [-0.4, -0.2) is 25.0 Å². The zero-order chi connectivity index (χ0) is 20.9. The molecule has 29 heavy (non-hydrogen) atoms. The maximum atomic E-state index is 13.3. The van der Waals surface area contributed by atoms with E-state index in [1.54, 1.807) is 12.3 Å². The monoisotopic (exact) mass is 420 g/mol. The molecule has 10 heteroatoms. The zero-order valence-electron chi connectivity index (χ0n) is 15.4. The van der Waals surface area contributed by atoms with Crippen LogP contribution in [0.15, 0.2) is 59.8 Å². The van der Waals surface area contributed by atoms with E-state index in [-0.39, 0.29) is 10.6 Å². The molecule has 3 aromatic rings. The van der Waals surface area contributed by atoms with Crippen LogP contribution in [-0.2, 0) is 16.6 Å². The molecular formula is C19H18F2N4O3S. The highest BCUT2D eigenvalue weighted by Crippen LogP contribution is 2.19. The van der Waals surface area contributed by atoms with Crippen molar-refractivity contribution in [1.29, 1.82) is 0 Å². The normalized spacial score (nSPS) is 11.1. The molecule has 2 heterocycles. The molecule has 0 fully saturated rings. The molecule has 0 spiro atoms. The molecule has 0 bridgehead atoms. The third-order valence-electron chi connectivity index (χ3n) is 3.78. The second-order valence-corrected chi connectivity index (χ2v) is 7.58. The van der Waals surface area contributed by atoms with Gasteiger partial charge in [-0.05, 0) is 42.8 Å². The van der Waals surface area contributed by atoms with Gasteiger partial charge in [0.2, 0.25) is 5.88 Å². The lowest BCUT2D eigenvalue weighted by Crippen LogP contribution is -2.14. The Labute approximate surface area is 166 Å². The van der Waals surface area contributed by atoms with Gasteiger partial charge in [-0.15, -0.1) is 0 Å². The van der Waals surface area contributed by atoms with Crippen molar-refractivity contribution >= 4 is 21.5 Å². The summed E-state index contributed by atoms with van der Waals surface area (Å²) in [6, 6.07) is 9.21. The summed E-state index contributed by atoms with van der Waals surface area (Å²) in [5, 5.41) is 3.07. The van der Waals surface area contributed by atoms with Crippen LogP contribution in [0.1, 0.15) is 12.5 Å². The number of benzene rings is 1. The lowest BCUT2D eigenvalue weighted by Gasteiger charge is -2.10. The third kappa shape index (κ3) is 5.38. The van der Waals surface area contributed by atoms with E-state index in [4.69, 9.17) is 4.74 Å². The highest BCUT2D eigenvalue weighted by atomic mass is 32.2. The first-order chi connectivity index (χ1) is 13.9. The van der Waals surface area contributed by atoms with Crippen LogP contribution < -0.4 is 14.8 Å². The number of sulfonamides is 1. The maximum Gasteiger partial charge on any atom is 0.263 e. The Kier molecular flexibility index (Phi) is 6.23. The summed E-state index contributed by atoms with van der Waals surface area (Å²) in [6.07, 6.45) is 2.80. The van der Waals surface area contributed by atoms with Gasteiger partial charge in [0.25, 0.3) is 10.0 Å². The van der Waals surface area contributed by atoms with Gasteiger partial charge in [0.15, 0.2) is 11.6 Å². The lowest BCUT2D eigenvalue weighted by molar-refractivity contribution is 0.326. The first kappa shape index (κ1) is 20.5. The van der Waals surface area contributed by atoms with Crippen LogP contribution in [0.3, 0.4) is 0 Å². The average molecular weight is 420 g/mol. The fourth-order valence-corrected chi connectivity index (χ4v) is 3.39. The second kappa shape index (κ2) is 8.82. The van der Waals surface area contributed by atoms with Gasteiger partial charge in [-0.25, -0.2) is 27.2 Å². The van der Waals surface area contributed by atoms with Crippen LogP contribution >= 0.6 is 0 Å². The molecule has 0 aliphatic rings. The van der Waals surface area contributed by atoms with Crippen molar-refractivity contribution < 1.29 is 21.9 Å². The summed E-state index contributed by atoms with van der Waals surface area (Å²) in [5.41, 5.74) is 0.829. The summed E-state index contributed by atoms with van der Waals surface area (Å²) in [4.78, 5) is 8.05. The highest BCUT2D eigenvalue weighted by Gasteiger charge is 2.16. The number of rotatable bonds is 8. The van der Waals surface area contributed by atoms with Crippen LogP contribution in [0.5, 0.6) is 5.88 Å². The number of nitrogens with one attached hydrogen (secondary N) is 2. The molecule has 0 aliphatic heterocycles. The Morgan fingerprint density at radius 1 is 1.03 bits per heavy atom. The smallest absolute Gasteiger partial charge is 0.263 e. The van der Waals surface area contributed by atoms with Crippen LogP contribution in [0.25, 0.3) is 0 Å². The Balaban J connectivity index is 1.65. The number of aromatic nitrogens is 2. The van der Waals surface area contributed by atoms with Gasteiger partial charge >= 0.3 is 0 Å². The molecule has 1 aromatic carbocycles. The van der Waals surface area contributed by atoms with Crippen molar-refractivity contribution in [2.45, 2.75) is 18.4 Å². The number of halogens is 2. The molecule has 0 saturated carbocycles. The summed E-state index contributed by atoms with van der Waals surface area (Å²) in [6.45, 7) is 2.82. The SMILES string of the molecule is CCOc1cc(CNc2ccc(S(=O)(=O)Nc3ccc(F)c(F)c3)cn2)ccn1. The molecule has 0 aliphatic carbocycles. The molecule has 0 amide bonds. The molecule has 0 atom stereocenters. The first-order valence-corrected chi connectivity index (χ1v) is 10.1. The molecule has 0 saturated heterocycles. The van der Waals surface area contributed by atoms with Crippen molar-refractivity contribution in [3.63, 3.8) is 0 Å². The fourth-order valence-electron chi connectivity index (χ4n) is 2.40. The van der Waals surface area contributed by atoms with E-state index in [0.29, 0.717) is 24.8 Å². The number of hydrogen-bond donors (Lipinski definition) is 2. The third-order valence-corrected chi connectivity index (χ3v) is 5.15. The van der Waals surface area contributed by atoms with Gasteiger partial charge in [-0.1, -0.05) is 0 Å². The van der Waals surface area contributed by atoms with Crippen molar-refractivity contribution in [2.75, 3.05) is 16.6 Å². The molecule has 0 unspecified atom stereocenters. The average Bonchev–Trinajstić information content (AvgIpc) is 2.70. The van der Waals surface area contributed by atoms with Crippen molar-refractivity contribution in [3.05, 3.63) is 72.1 Å². The van der Waals surface area contributed by atoms with E-state index in [1.165, 1.54) is 18.3 Å². The summed E-state index contributed by atoms with van der Waals surface area (Å²) in [5.74, 6) is -1.23. The van der Waals surface area contributed by atoms with Crippen LogP contribution in [0.4, 0.5) is 20.3 Å². The Bertz CT molecular complexity index is 1090. The van der Waals surface area contributed by atoms with Gasteiger partial charge in [0.1, 0.15) is 10.7 Å². The fraction of sp³-hybridized carbons (Fsp3) is 0.158. The standard InChI is InChI=1S/C19H18F2N4O3S/c1-2-28-19-9-13(7-8-22-19)11-23-18-6-4-15(12-24-18)29(26,27)25-14-3-5-16(20)17(21)10-14/h3-10,12,25H,2,11H2,1H3,(H,23,24). The predicted molar refractivity (Wildman–Crippen MR) is 104 cm³/mol. The molecule has 0 radical (unpaired) electrons. The van der Waals surface area contributed by atoms with Crippen molar-refractivity contribution in [1.82, 2.24) is 9.97 Å². The Morgan fingerprint density at radius 2 is 1.86 bits per heavy atom. The number of hydrogen-bond acceptors (Lipinski definition) is 6. The minimum Gasteiger partial charge on any atom is -0.478 e. The van der Waals surface area contributed by atoms with E-state index >= 15 is 0 Å². The summed E-state index contributed by atoms with van der Waals surface area (Å²) in [7, 11) is -3.99. The molecule has 152 valence electrons. The lowest BCUT2D eigenvalue weighted by atomic mass is 10.2. The first-order valence-electron chi connectivity index (χ1n) is 8.63. The second-order valence-electron chi connectivity index (χ2n) is 5.90. The molecule has 2 aromatic heterocycles. The quantitative estimate of drug-likeness (QED) is 0.579. The maximum absolute atomic E-state index is 13.3. The highest BCUT2D eigenvalue weighted by molar-refractivity contribution is 7.92. The minimum absolute atomic E-state index is 0.0890. The van der Waals surface area contributed by atoms with E-state index in [0.717, 1.165) is 23.8 Å². The van der Waals surface area contributed by atoms with Gasteiger partial charge in [-0.2, -0.15) is 0 Å². The number of pyridine rings is 2. The predicted octanol–water partition coefficient (Wildman–Crippen LogP) is 3.57.